The molecule has 2 aromatic rings. The molecule has 0 amide bonds. The molecule has 3 rings (SSSR count). The van der Waals surface area contributed by atoms with Gasteiger partial charge in [0.15, 0.2) is 0 Å². The second kappa shape index (κ2) is 4.01. The molecule has 17 heavy (non-hydrogen) atoms. The maximum Gasteiger partial charge on any atom is 0.225 e. The van der Waals surface area contributed by atoms with Gasteiger partial charge in [0.2, 0.25) is 11.8 Å². The Morgan fingerprint density at radius 2 is 1.88 bits per heavy atom. The molecule has 0 aliphatic carbocycles. The lowest BCUT2D eigenvalue weighted by Crippen LogP contribution is -2.17. The lowest BCUT2D eigenvalue weighted by molar-refractivity contribution is 0.397. The minimum atomic E-state index is 0.652. The van der Waals surface area contributed by atoms with Gasteiger partial charge in [0.25, 0.3) is 0 Å². The summed E-state index contributed by atoms with van der Waals surface area (Å²) in [6.07, 6.45) is 5.37. The molecule has 5 nitrogen and oxygen atoms in total. The van der Waals surface area contributed by atoms with E-state index in [-0.39, 0.29) is 0 Å². The molecule has 0 unspecified atom stereocenters. The van der Waals surface area contributed by atoms with Gasteiger partial charge in [-0.3, -0.25) is 0 Å². The van der Waals surface area contributed by atoms with Crippen molar-refractivity contribution in [2.45, 2.75) is 13.1 Å². The van der Waals surface area contributed by atoms with Crippen LogP contribution in [-0.4, -0.2) is 22.1 Å². The van der Waals surface area contributed by atoms with Gasteiger partial charge in [0.05, 0.1) is 7.11 Å². The third kappa shape index (κ3) is 1.80. The van der Waals surface area contributed by atoms with Crippen LogP contribution < -0.4 is 9.64 Å². The molecule has 0 aromatic carbocycles. The maximum absolute atomic E-state index is 5.12. The Morgan fingerprint density at radius 1 is 1.12 bits per heavy atom. The second-order valence-corrected chi connectivity index (χ2v) is 3.90. The van der Waals surface area contributed by atoms with E-state index < -0.39 is 0 Å². The Kier molecular flexibility index (Phi) is 2.36. The summed E-state index contributed by atoms with van der Waals surface area (Å²) >= 11 is 0. The topological polar surface area (TPSA) is 51.1 Å². The molecule has 1 aliphatic heterocycles. The van der Waals surface area contributed by atoms with E-state index in [1.807, 2.05) is 18.3 Å². The molecule has 1 aliphatic rings. The van der Waals surface area contributed by atoms with Gasteiger partial charge in [0, 0.05) is 37.7 Å². The minimum absolute atomic E-state index is 0.652. The highest BCUT2D eigenvalue weighted by atomic mass is 16.5. The van der Waals surface area contributed by atoms with Crippen molar-refractivity contribution in [1.82, 2.24) is 15.0 Å². The predicted molar refractivity (Wildman–Crippen MR) is 62.7 cm³/mol. The van der Waals surface area contributed by atoms with E-state index in [4.69, 9.17) is 4.74 Å². The average molecular weight is 228 g/mol. The van der Waals surface area contributed by atoms with E-state index in [0.717, 1.165) is 19.0 Å². The quantitative estimate of drug-likeness (QED) is 0.777. The van der Waals surface area contributed by atoms with Crippen molar-refractivity contribution in [3.63, 3.8) is 0 Å². The zero-order chi connectivity index (χ0) is 11.7. The molecule has 0 atom stereocenters. The van der Waals surface area contributed by atoms with Gasteiger partial charge >= 0.3 is 0 Å². The first-order valence-electron chi connectivity index (χ1n) is 5.40. The molecule has 0 fully saturated rings. The Bertz CT molecular complexity index is 529. The molecule has 0 N–H and O–H groups in total. The van der Waals surface area contributed by atoms with Crippen LogP contribution in [0.5, 0.6) is 5.88 Å². The van der Waals surface area contributed by atoms with Gasteiger partial charge in [-0.1, -0.05) is 0 Å². The number of hydrogen-bond acceptors (Lipinski definition) is 5. The number of anilines is 1. The minimum Gasteiger partial charge on any atom is -0.481 e. The summed E-state index contributed by atoms with van der Waals surface area (Å²) in [6.45, 7) is 1.61. The highest BCUT2D eigenvalue weighted by Gasteiger charge is 2.21. The van der Waals surface area contributed by atoms with E-state index >= 15 is 0 Å². The van der Waals surface area contributed by atoms with E-state index in [1.165, 1.54) is 11.1 Å². The molecule has 2 aromatic heterocycles. The fourth-order valence-electron chi connectivity index (χ4n) is 1.97. The predicted octanol–water partition coefficient (Wildman–Crippen LogP) is 1.40. The Morgan fingerprint density at radius 3 is 2.65 bits per heavy atom. The fourth-order valence-corrected chi connectivity index (χ4v) is 1.97. The van der Waals surface area contributed by atoms with Crippen molar-refractivity contribution < 1.29 is 4.74 Å². The molecule has 0 radical (unpaired) electrons. The van der Waals surface area contributed by atoms with Crippen molar-refractivity contribution in [3.8, 4) is 5.88 Å². The van der Waals surface area contributed by atoms with Crippen LogP contribution in [0.1, 0.15) is 11.1 Å². The Labute approximate surface area is 99.1 Å². The van der Waals surface area contributed by atoms with Gasteiger partial charge in [-0.25, -0.2) is 15.0 Å². The standard InChI is InChI=1S/C12H12N4O/c1-17-11-5-9-7-16(8-10(9)6-15-11)12-13-3-2-4-14-12/h2-6H,7-8H2,1H3. The van der Waals surface area contributed by atoms with Crippen LogP contribution in [0.25, 0.3) is 0 Å². The van der Waals surface area contributed by atoms with Gasteiger partial charge in [-0.15, -0.1) is 0 Å². The first kappa shape index (κ1) is 10.0. The summed E-state index contributed by atoms with van der Waals surface area (Å²) in [4.78, 5) is 14.8. The SMILES string of the molecule is COc1cc2c(cn1)CN(c1ncccn1)C2. The van der Waals surface area contributed by atoms with Crippen LogP contribution in [0.4, 0.5) is 5.95 Å². The van der Waals surface area contributed by atoms with Crippen LogP contribution in [0.2, 0.25) is 0 Å². The van der Waals surface area contributed by atoms with Crippen LogP contribution in [0, 0.1) is 0 Å². The third-order valence-corrected chi connectivity index (χ3v) is 2.82. The van der Waals surface area contributed by atoms with E-state index in [2.05, 4.69) is 19.9 Å². The first-order valence-corrected chi connectivity index (χ1v) is 5.40. The molecule has 0 saturated carbocycles. The van der Waals surface area contributed by atoms with Crippen molar-refractivity contribution in [3.05, 3.63) is 41.9 Å². The number of nitrogens with zero attached hydrogens (tertiary/aromatic N) is 4. The molecule has 0 spiro atoms. The second-order valence-electron chi connectivity index (χ2n) is 3.90. The number of pyridine rings is 1. The molecule has 0 bridgehead atoms. The highest BCUT2D eigenvalue weighted by molar-refractivity contribution is 5.43. The number of ether oxygens (including phenoxy) is 1. The summed E-state index contributed by atoms with van der Waals surface area (Å²) in [5.74, 6) is 1.40. The number of hydrogen-bond donors (Lipinski definition) is 0. The van der Waals surface area contributed by atoms with Gasteiger partial charge in [0.1, 0.15) is 0 Å². The monoisotopic (exact) mass is 228 g/mol. The first-order chi connectivity index (χ1) is 8.36. The summed E-state index contributed by atoms with van der Waals surface area (Å²) in [6, 6.07) is 3.79. The molecule has 3 heterocycles. The number of aromatic nitrogens is 3. The van der Waals surface area contributed by atoms with Crippen molar-refractivity contribution in [2.75, 3.05) is 12.0 Å². The summed E-state index contributed by atoms with van der Waals surface area (Å²) in [5, 5.41) is 0. The number of methoxy groups -OCH3 is 1. The van der Waals surface area contributed by atoms with Crippen molar-refractivity contribution in [1.29, 1.82) is 0 Å². The van der Waals surface area contributed by atoms with Crippen LogP contribution in [-0.2, 0) is 13.1 Å². The van der Waals surface area contributed by atoms with Crippen LogP contribution in [0.15, 0.2) is 30.7 Å². The summed E-state index contributed by atoms with van der Waals surface area (Å²) in [5.41, 5.74) is 2.43. The van der Waals surface area contributed by atoms with Crippen molar-refractivity contribution >= 4 is 5.95 Å². The zero-order valence-corrected chi connectivity index (χ0v) is 9.50. The summed E-state index contributed by atoms with van der Waals surface area (Å²) < 4.78 is 5.12. The lowest BCUT2D eigenvalue weighted by Gasteiger charge is -2.13. The van der Waals surface area contributed by atoms with Crippen LogP contribution in [0.3, 0.4) is 0 Å². The normalized spacial score (nSPS) is 13.6. The summed E-state index contributed by atoms with van der Waals surface area (Å²) in [7, 11) is 1.63. The smallest absolute Gasteiger partial charge is 0.225 e. The Balaban J connectivity index is 1.88. The van der Waals surface area contributed by atoms with Gasteiger partial charge in [-0.05, 0) is 17.2 Å². The highest BCUT2D eigenvalue weighted by Crippen LogP contribution is 2.26. The van der Waals surface area contributed by atoms with E-state index in [0.29, 0.717) is 5.88 Å². The molecule has 0 saturated heterocycles. The largest absolute Gasteiger partial charge is 0.481 e. The number of fused-ring (bicyclic) bond motifs is 1. The zero-order valence-electron chi connectivity index (χ0n) is 9.50. The maximum atomic E-state index is 5.12. The third-order valence-electron chi connectivity index (χ3n) is 2.82. The molecular weight excluding hydrogens is 216 g/mol. The lowest BCUT2D eigenvalue weighted by atomic mass is 10.2. The van der Waals surface area contributed by atoms with E-state index in [1.54, 1.807) is 19.5 Å². The van der Waals surface area contributed by atoms with E-state index in [9.17, 15) is 0 Å². The van der Waals surface area contributed by atoms with Gasteiger partial charge in [-0.2, -0.15) is 0 Å². The van der Waals surface area contributed by atoms with Gasteiger partial charge < -0.3 is 9.64 Å². The average Bonchev–Trinajstić information content (AvgIpc) is 2.82. The molecular formula is C12H12N4O. The van der Waals surface area contributed by atoms with Crippen molar-refractivity contribution in [2.24, 2.45) is 0 Å². The fraction of sp³-hybridized carbons (Fsp3) is 0.250. The number of rotatable bonds is 2. The molecule has 5 heteroatoms. The Hall–Kier alpha value is -2.17. The molecule has 86 valence electrons. The van der Waals surface area contributed by atoms with Crippen LogP contribution >= 0.6 is 0 Å².